The van der Waals surface area contributed by atoms with Crippen LogP contribution in [-0.2, 0) is 0 Å². The highest BCUT2D eigenvalue weighted by Gasteiger charge is 2.09. The van der Waals surface area contributed by atoms with Crippen molar-refractivity contribution < 1.29 is 9.84 Å². The van der Waals surface area contributed by atoms with E-state index in [2.05, 4.69) is 19.9 Å². The molecule has 0 aromatic heterocycles. The van der Waals surface area contributed by atoms with Crippen LogP contribution in [0.1, 0.15) is 33.9 Å². The van der Waals surface area contributed by atoms with Gasteiger partial charge in [0.25, 0.3) is 0 Å². The van der Waals surface area contributed by atoms with E-state index < -0.39 is 6.10 Å². The zero-order valence-electron chi connectivity index (χ0n) is 12.6. The smallest absolute Gasteiger partial charge is 0.119 e. The van der Waals surface area contributed by atoms with Crippen molar-refractivity contribution in [2.75, 3.05) is 6.61 Å². The lowest BCUT2D eigenvalue weighted by molar-refractivity contribution is 0.108. The highest BCUT2D eigenvalue weighted by Crippen LogP contribution is 2.20. The fourth-order valence-electron chi connectivity index (χ4n) is 2.26. The minimum atomic E-state index is -0.602. The Morgan fingerprint density at radius 3 is 2.15 bits per heavy atom. The molecule has 2 rings (SSSR count). The van der Waals surface area contributed by atoms with Crippen molar-refractivity contribution in [1.29, 1.82) is 0 Å². The second-order valence-electron chi connectivity index (χ2n) is 5.49. The molecular weight excluding hydrogens is 248 g/mol. The van der Waals surface area contributed by atoms with Gasteiger partial charge in [-0.2, -0.15) is 0 Å². The van der Waals surface area contributed by atoms with Crippen LogP contribution in [0.15, 0.2) is 36.4 Å². The third-order valence-corrected chi connectivity index (χ3v) is 3.52. The van der Waals surface area contributed by atoms with Gasteiger partial charge in [0, 0.05) is 0 Å². The standard InChI is InChI=1S/C18H22O2/c1-12-7-13(2)9-17(8-12)20-11-18(19)16-6-5-14(3)15(4)10-16/h5-10,18-19H,11H2,1-4H3. The molecule has 0 saturated heterocycles. The number of ether oxygens (including phenoxy) is 1. The van der Waals surface area contributed by atoms with E-state index in [0.717, 1.165) is 11.3 Å². The molecule has 2 aromatic rings. The van der Waals surface area contributed by atoms with Crippen LogP contribution in [0.2, 0.25) is 0 Å². The third kappa shape index (κ3) is 3.61. The minimum absolute atomic E-state index is 0.269. The van der Waals surface area contributed by atoms with Crippen molar-refractivity contribution in [3.05, 3.63) is 64.2 Å². The predicted molar refractivity (Wildman–Crippen MR) is 82.3 cm³/mol. The summed E-state index contributed by atoms with van der Waals surface area (Å²) in [6, 6.07) is 12.1. The summed E-state index contributed by atoms with van der Waals surface area (Å²) in [7, 11) is 0. The van der Waals surface area contributed by atoms with E-state index in [1.807, 2.05) is 44.2 Å². The van der Waals surface area contributed by atoms with Crippen LogP contribution in [0.25, 0.3) is 0 Å². The number of rotatable bonds is 4. The summed E-state index contributed by atoms with van der Waals surface area (Å²) >= 11 is 0. The van der Waals surface area contributed by atoms with Gasteiger partial charge < -0.3 is 9.84 Å². The van der Waals surface area contributed by atoms with E-state index >= 15 is 0 Å². The molecule has 0 radical (unpaired) electrons. The Balaban J connectivity index is 2.04. The number of aryl methyl sites for hydroxylation is 4. The normalized spacial score (nSPS) is 12.2. The number of hydrogen-bond donors (Lipinski definition) is 1. The molecule has 0 saturated carbocycles. The molecule has 1 unspecified atom stereocenters. The fourth-order valence-corrected chi connectivity index (χ4v) is 2.26. The molecule has 1 atom stereocenters. The number of aliphatic hydroxyl groups is 1. The van der Waals surface area contributed by atoms with Crippen LogP contribution < -0.4 is 4.74 Å². The van der Waals surface area contributed by atoms with Gasteiger partial charge in [0.15, 0.2) is 0 Å². The molecule has 0 aliphatic heterocycles. The average Bonchev–Trinajstić information content (AvgIpc) is 2.38. The van der Waals surface area contributed by atoms with Gasteiger partial charge in [0.05, 0.1) is 0 Å². The fraction of sp³-hybridized carbons (Fsp3) is 0.333. The van der Waals surface area contributed by atoms with Gasteiger partial charge in [-0.15, -0.1) is 0 Å². The van der Waals surface area contributed by atoms with Gasteiger partial charge in [0.1, 0.15) is 18.5 Å². The largest absolute Gasteiger partial charge is 0.491 e. The Hall–Kier alpha value is -1.80. The molecular formula is C18H22O2. The molecule has 1 N–H and O–H groups in total. The van der Waals surface area contributed by atoms with Crippen molar-refractivity contribution in [2.24, 2.45) is 0 Å². The quantitative estimate of drug-likeness (QED) is 0.908. The summed E-state index contributed by atoms with van der Waals surface area (Å²) in [5.41, 5.74) is 5.66. The molecule has 0 heterocycles. The Morgan fingerprint density at radius 1 is 0.900 bits per heavy atom. The van der Waals surface area contributed by atoms with Crippen molar-refractivity contribution in [1.82, 2.24) is 0 Å². The minimum Gasteiger partial charge on any atom is -0.491 e. The summed E-state index contributed by atoms with van der Waals surface area (Å²) in [5.74, 6) is 0.811. The summed E-state index contributed by atoms with van der Waals surface area (Å²) in [6.07, 6.45) is -0.602. The summed E-state index contributed by atoms with van der Waals surface area (Å²) in [6.45, 7) is 8.47. The van der Waals surface area contributed by atoms with Gasteiger partial charge in [-0.25, -0.2) is 0 Å². The monoisotopic (exact) mass is 270 g/mol. The summed E-state index contributed by atoms with van der Waals surface area (Å²) in [4.78, 5) is 0. The number of benzene rings is 2. The molecule has 2 nitrogen and oxygen atoms in total. The first-order valence-corrected chi connectivity index (χ1v) is 6.92. The summed E-state index contributed by atoms with van der Waals surface area (Å²) < 4.78 is 5.70. The maximum atomic E-state index is 10.2. The lowest BCUT2D eigenvalue weighted by Gasteiger charge is -2.14. The lowest BCUT2D eigenvalue weighted by Crippen LogP contribution is -2.10. The first-order valence-electron chi connectivity index (χ1n) is 6.92. The van der Waals surface area contributed by atoms with Gasteiger partial charge in [0.2, 0.25) is 0 Å². The van der Waals surface area contributed by atoms with E-state index in [1.165, 1.54) is 22.3 Å². The molecule has 20 heavy (non-hydrogen) atoms. The van der Waals surface area contributed by atoms with Gasteiger partial charge in [-0.3, -0.25) is 0 Å². The van der Waals surface area contributed by atoms with Crippen molar-refractivity contribution in [3.63, 3.8) is 0 Å². The van der Waals surface area contributed by atoms with Gasteiger partial charge in [-0.1, -0.05) is 24.3 Å². The Bertz CT molecular complexity index is 582. The van der Waals surface area contributed by atoms with Crippen LogP contribution in [0, 0.1) is 27.7 Å². The SMILES string of the molecule is Cc1cc(C)cc(OCC(O)c2ccc(C)c(C)c2)c1. The molecule has 0 aliphatic carbocycles. The molecule has 0 spiro atoms. The zero-order chi connectivity index (χ0) is 14.7. The molecule has 0 aliphatic rings. The highest BCUT2D eigenvalue weighted by molar-refractivity contribution is 5.34. The maximum Gasteiger partial charge on any atom is 0.119 e. The highest BCUT2D eigenvalue weighted by atomic mass is 16.5. The molecule has 2 aromatic carbocycles. The van der Waals surface area contributed by atoms with E-state index in [-0.39, 0.29) is 6.61 Å². The van der Waals surface area contributed by atoms with Crippen molar-refractivity contribution in [2.45, 2.75) is 33.8 Å². The van der Waals surface area contributed by atoms with Gasteiger partial charge in [-0.05, 0) is 67.6 Å². The van der Waals surface area contributed by atoms with Crippen molar-refractivity contribution >= 4 is 0 Å². The first kappa shape index (κ1) is 14.6. The molecule has 2 heteroatoms. The third-order valence-electron chi connectivity index (χ3n) is 3.52. The van der Waals surface area contributed by atoms with Gasteiger partial charge >= 0.3 is 0 Å². The second-order valence-corrected chi connectivity index (χ2v) is 5.49. The van der Waals surface area contributed by atoms with Crippen LogP contribution >= 0.6 is 0 Å². The second kappa shape index (κ2) is 6.10. The van der Waals surface area contributed by atoms with Crippen LogP contribution in [0.5, 0.6) is 5.75 Å². The van der Waals surface area contributed by atoms with E-state index in [1.54, 1.807) is 0 Å². The number of aliphatic hydroxyl groups excluding tert-OH is 1. The van der Waals surface area contributed by atoms with Crippen LogP contribution in [0.3, 0.4) is 0 Å². The van der Waals surface area contributed by atoms with Crippen LogP contribution in [0.4, 0.5) is 0 Å². The zero-order valence-corrected chi connectivity index (χ0v) is 12.6. The topological polar surface area (TPSA) is 29.5 Å². The lowest BCUT2D eigenvalue weighted by atomic mass is 10.0. The Labute approximate surface area is 121 Å². The summed E-state index contributed by atoms with van der Waals surface area (Å²) in [5, 5.41) is 10.2. The molecule has 106 valence electrons. The molecule has 0 bridgehead atoms. The van der Waals surface area contributed by atoms with Crippen molar-refractivity contribution in [3.8, 4) is 5.75 Å². The molecule has 0 fully saturated rings. The average molecular weight is 270 g/mol. The Morgan fingerprint density at radius 2 is 1.55 bits per heavy atom. The van der Waals surface area contributed by atoms with E-state index in [9.17, 15) is 5.11 Å². The first-order chi connectivity index (χ1) is 9.45. The molecule has 0 amide bonds. The van der Waals surface area contributed by atoms with E-state index in [0.29, 0.717) is 0 Å². The van der Waals surface area contributed by atoms with Crippen LogP contribution in [-0.4, -0.2) is 11.7 Å². The maximum absolute atomic E-state index is 10.2. The number of hydrogen-bond acceptors (Lipinski definition) is 2. The predicted octanol–water partition coefficient (Wildman–Crippen LogP) is 4.03. The Kier molecular flexibility index (Phi) is 4.46. The van der Waals surface area contributed by atoms with E-state index in [4.69, 9.17) is 4.74 Å².